The van der Waals surface area contributed by atoms with Gasteiger partial charge in [-0.15, -0.1) is 0 Å². The molecule has 0 unspecified atom stereocenters. The van der Waals surface area contributed by atoms with E-state index in [1.807, 2.05) is 0 Å². The topological polar surface area (TPSA) is 3.24 Å². The highest BCUT2D eigenvalue weighted by molar-refractivity contribution is 6.36. The molecule has 0 aliphatic rings. The Balaban J connectivity index is 1.17. The zero-order chi connectivity index (χ0) is 37.7. The predicted octanol–water partition coefficient (Wildman–Crippen LogP) is 15.9. The van der Waals surface area contributed by atoms with E-state index in [0.29, 0.717) is 0 Å². The Hall–Kier alpha value is -7.48. The highest BCUT2D eigenvalue weighted by atomic mass is 15.1. The summed E-state index contributed by atoms with van der Waals surface area (Å²) in [5.41, 5.74) is 10.7. The molecule has 11 rings (SSSR count). The van der Waals surface area contributed by atoms with Crippen LogP contribution in [-0.2, 0) is 0 Å². The minimum absolute atomic E-state index is 1.11. The molecular weight excluding hydrogens is 687 g/mol. The Kier molecular flexibility index (Phi) is 7.89. The van der Waals surface area contributed by atoms with Crippen molar-refractivity contribution >= 4 is 70.9 Å². The first-order valence-electron chi connectivity index (χ1n) is 19.7. The number of nitrogens with zero attached hydrogens (tertiary/aromatic N) is 1. The van der Waals surface area contributed by atoms with E-state index < -0.39 is 0 Å². The van der Waals surface area contributed by atoms with Crippen molar-refractivity contribution in [2.24, 2.45) is 0 Å². The third kappa shape index (κ3) is 5.55. The molecule has 11 aromatic rings. The van der Waals surface area contributed by atoms with Crippen LogP contribution < -0.4 is 4.90 Å². The van der Waals surface area contributed by atoms with Gasteiger partial charge in [0.25, 0.3) is 0 Å². The molecule has 11 aromatic carbocycles. The fourth-order valence-corrected chi connectivity index (χ4v) is 9.03. The molecule has 0 aromatic heterocycles. The lowest BCUT2D eigenvalue weighted by Crippen LogP contribution is -2.09. The summed E-state index contributed by atoms with van der Waals surface area (Å²) in [6, 6.07) is 81.9. The maximum Gasteiger partial charge on any atom is 0.0462 e. The lowest BCUT2D eigenvalue weighted by atomic mass is 9.81. The first-order valence-corrected chi connectivity index (χ1v) is 19.7. The minimum Gasteiger partial charge on any atom is -0.311 e. The summed E-state index contributed by atoms with van der Waals surface area (Å²) in [5.74, 6) is 0. The largest absolute Gasteiger partial charge is 0.311 e. The Morgan fingerprint density at radius 3 is 1.12 bits per heavy atom. The zero-order valence-corrected chi connectivity index (χ0v) is 31.3. The number of fused-ring (bicyclic) bond motifs is 8. The lowest BCUT2D eigenvalue weighted by Gasteiger charge is -2.26. The summed E-state index contributed by atoms with van der Waals surface area (Å²) in [5, 5.41) is 12.7. The van der Waals surface area contributed by atoms with Crippen LogP contribution in [0.2, 0.25) is 0 Å². The van der Waals surface area contributed by atoms with Crippen LogP contribution >= 0.6 is 0 Å². The Labute approximate surface area is 332 Å². The molecule has 0 amide bonds. The number of para-hydroxylation sites is 2. The van der Waals surface area contributed by atoms with Crippen LogP contribution in [0.3, 0.4) is 0 Å². The van der Waals surface area contributed by atoms with Crippen molar-refractivity contribution in [2.45, 2.75) is 0 Å². The Morgan fingerprint density at radius 2 is 0.596 bits per heavy atom. The fourth-order valence-electron chi connectivity index (χ4n) is 9.03. The third-order valence-electron chi connectivity index (χ3n) is 11.6. The highest BCUT2D eigenvalue weighted by Gasteiger charge is 2.22. The summed E-state index contributed by atoms with van der Waals surface area (Å²) in [6.07, 6.45) is 0. The zero-order valence-electron chi connectivity index (χ0n) is 31.3. The van der Waals surface area contributed by atoms with Gasteiger partial charge in [-0.2, -0.15) is 0 Å². The molecule has 0 heterocycles. The first kappa shape index (κ1) is 32.9. The fraction of sp³-hybridized carbons (Fsp3) is 0. The lowest BCUT2D eigenvalue weighted by molar-refractivity contribution is 1.28. The van der Waals surface area contributed by atoms with Gasteiger partial charge in [0.15, 0.2) is 0 Å². The van der Waals surface area contributed by atoms with Gasteiger partial charge >= 0.3 is 0 Å². The summed E-state index contributed by atoms with van der Waals surface area (Å²) in [4.78, 5) is 2.33. The normalized spacial score (nSPS) is 11.5. The number of anilines is 3. The Morgan fingerprint density at radius 1 is 0.228 bits per heavy atom. The molecule has 0 aliphatic carbocycles. The van der Waals surface area contributed by atoms with Crippen molar-refractivity contribution in [1.29, 1.82) is 0 Å². The van der Waals surface area contributed by atoms with Gasteiger partial charge in [0.1, 0.15) is 0 Å². The maximum absolute atomic E-state index is 2.33. The number of hydrogen-bond acceptors (Lipinski definition) is 1. The number of benzene rings is 11. The van der Waals surface area contributed by atoms with Crippen molar-refractivity contribution in [3.63, 3.8) is 0 Å². The average molecular weight is 724 g/mol. The van der Waals surface area contributed by atoms with E-state index in [2.05, 4.69) is 229 Å². The van der Waals surface area contributed by atoms with Crippen LogP contribution in [0, 0.1) is 0 Å². The SMILES string of the molecule is c1ccc(N(c2ccccc2)c2ccc(-c3c4ccccc4c(-c4ccc(-c5ccc6ccccc6c5)cc4)c4c5ccccc5c5ccccc5c34)cc2)cc1. The van der Waals surface area contributed by atoms with E-state index in [1.165, 1.54) is 87.2 Å². The molecule has 0 saturated carbocycles. The second-order valence-electron chi connectivity index (χ2n) is 14.8. The first-order chi connectivity index (χ1) is 28.3. The van der Waals surface area contributed by atoms with Crippen molar-refractivity contribution < 1.29 is 0 Å². The van der Waals surface area contributed by atoms with E-state index in [4.69, 9.17) is 0 Å². The molecule has 1 heteroatoms. The van der Waals surface area contributed by atoms with Gasteiger partial charge in [-0.25, -0.2) is 0 Å². The standard InChI is InChI=1S/C56H37N/c1-3-17-44(18-4-1)57(45-19-5-2-6-20-45)46-35-33-41(34-36-46)54-52-26-14-13-25-51(52)53(55-49-23-11-9-21-47(49)48-22-10-12-24-50(48)56(54)55)40-30-27-39(28-31-40)43-32-29-38-15-7-8-16-42(38)37-43/h1-37H. The second-order valence-corrected chi connectivity index (χ2v) is 14.8. The minimum atomic E-state index is 1.11. The van der Waals surface area contributed by atoms with Crippen molar-refractivity contribution in [3.8, 4) is 33.4 Å². The van der Waals surface area contributed by atoms with E-state index in [9.17, 15) is 0 Å². The summed E-state index contributed by atoms with van der Waals surface area (Å²) >= 11 is 0. The van der Waals surface area contributed by atoms with Gasteiger partial charge < -0.3 is 4.90 Å². The summed E-state index contributed by atoms with van der Waals surface area (Å²) in [6.45, 7) is 0. The van der Waals surface area contributed by atoms with E-state index >= 15 is 0 Å². The maximum atomic E-state index is 2.33. The van der Waals surface area contributed by atoms with Gasteiger partial charge in [-0.1, -0.05) is 182 Å². The van der Waals surface area contributed by atoms with E-state index in [-0.39, 0.29) is 0 Å². The van der Waals surface area contributed by atoms with Crippen molar-refractivity contribution in [1.82, 2.24) is 0 Å². The molecule has 0 N–H and O–H groups in total. The van der Waals surface area contributed by atoms with Crippen LogP contribution in [0.1, 0.15) is 0 Å². The predicted molar refractivity (Wildman–Crippen MR) is 245 cm³/mol. The molecule has 0 fully saturated rings. The summed E-state index contributed by atoms with van der Waals surface area (Å²) < 4.78 is 0. The Bertz CT molecular complexity index is 3220. The van der Waals surface area contributed by atoms with Crippen LogP contribution in [-0.4, -0.2) is 0 Å². The monoisotopic (exact) mass is 723 g/mol. The average Bonchev–Trinajstić information content (AvgIpc) is 3.29. The van der Waals surface area contributed by atoms with E-state index in [1.54, 1.807) is 0 Å². The highest BCUT2D eigenvalue weighted by Crippen LogP contribution is 2.50. The second kappa shape index (κ2) is 13.7. The molecule has 57 heavy (non-hydrogen) atoms. The molecule has 0 atom stereocenters. The number of hydrogen-bond donors (Lipinski definition) is 0. The summed E-state index contributed by atoms with van der Waals surface area (Å²) in [7, 11) is 0. The quantitative estimate of drug-likeness (QED) is 0.122. The van der Waals surface area contributed by atoms with Crippen molar-refractivity contribution in [2.75, 3.05) is 4.90 Å². The van der Waals surface area contributed by atoms with Crippen LogP contribution in [0.25, 0.3) is 87.2 Å². The third-order valence-corrected chi connectivity index (χ3v) is 11.6. The van der Waals surface area contributed by atoms with Gasteiger partial charge in [0.2, 0.25) is 0 Å². The molecule has 0 aliphatic heterocycles. The molecular formula is C56H37N. The van der Waals surface area contributed by atoms with Crippen LogP contribution in [0.5, 0.6) is 0 Å². The smallest absolute Gasteiger partial charge is 0.0462 e. The van der Waals surface area contributed by atoms with Gasteiger partial charge in [-0.05, 0) is 130 Å². The van der Waals surface area contributed by atoms with Gasteiger partial charge in [-0.3, -0.25) is 0 Å². The van der Waals surface area contributed by atoms with Crippen molar-refractivity contribution in [3.05, 3.63) is 224 Å². The van der Waals surface area contributed by atoms with Crippen LogP contribution in [0.4, 0.5) is 17.1 Å². The molecule has 266 valence electrons. The molecule has 0 saturated heterocycles. The van der Waals surface area contributed by atoms with E-state index in [0.717, 1.165) is 17.1 Å². The molecule has 1 nitrogen and oxygen atoms in total. The molecule has 0 bridgehead atoms. The van der Waals surface area contributed by atoms with Crippen LogP contribution in [0.15, 0.2) is 224 Å². The van der Waals surface area contributed by atoms with Gasteiger partial charge in [0.05, 0.1) is 0 Å². The number of rotatable bonds is 6. The van der Waals surface area contributed by atoms with Gasteiger partial charge in [0, 0.05) is 17.1 Å². The molecule has 0 radical (unpaired) electrons. The molecule has 0 spiro atoms.